The summed E-state index contributed by atoms with van der Waals surface area (Å²) in [6, 6.07) is 0. The van der Waals surface area contributed by atoms with Crippen LogP contribution in [0.1, 0.15) is 24.6 Å². The van der Waals surface area contributed by atoms with Gasteiger partial charge in [0.15, 0.2) is 0 Å². The molecule has 0 saturated carbocycles. The van der Waals surface area contributed by atoms with Crippen LogP contribution in [0, 0.1) is 12.8 Å². The molecule has 1 saturated heterocycles. The quantitative estimate of drug-likeness (QED) is 0.858. The molecule has 0 aromatic carbocycles. The number of nitrogens with zero attached hydrogens (tertiary/aromatic N) is 2. The van der Waals surface area contributed by atoms with Crippen LogP contribution in [0.25, 0.3) is 0 Å². The molecular weight excluding hydrogens is 230 g/mol. The van der Waals surface area contributed by atoms with Gasteiger partial charge >= 0.3 is 0 Å². The van der Waals surface area contributed by atoms with Crippen molar-refractivity contribution in [1.82, 2.24) is 15.1 Å². The van der Waals surface area contributed by atoms with Crippen LogP contribution in [0.4, 0.5) is 0 Å². The topological polar surface area (TPSA) is 48.3 Å². The van der Waals surface area contributed by atoms with Crippen molar-refractivity contribution in [1.29, 1.82) is 0 Å². The van der Waals surface area contributed by atoms with Gasteiger partial charge < -0.3 is 14.8 Å². The molecule has 2 rings (SSSR count). The molecular formula is C13H23N3O2. The molecule has 2 heterocycles. The lowest BCUT2D eigenvalue weighted by molar-refractivity contribution is 0.105. The van der Waals surface area contributed by atoms with Gasteiger partial charge in [-0.3, -0.25) is 0 Å². The van der Waals surface area contributed by atoms with E-state index in [1.165, 1.54) is 0 Å². The Labute approximate surface area is 108 Å². The molecule has 5 nitrogen and oxygen atoms in total. The third kappa shape index (κ3) is 2.67. The standard InChI is InChI=1S/C13H23N3O2/c1-9-12(13(17-4)16(3)15-9)8-14-7-11-5-6-18-10(11)2/h10-11,14H,5-8H2,1-4H3. The number of hydrogen-bond acceptors (Lipinski definition) is 4. The van der Waals surface area contributed by atoms with Crippen molar-refractivity contribution in [3.05, 3.63) is 11.3 Å². The van der Waals surface area contributed by atoms with Crippen LogP contribution in [0.15, 0.2) is 0 Å². The molecule has 0 amide bonds. The van der Waals surface area contributed by atoms with Gasteiger partial charge in [0.05, 0.1) is 24.5 Å². The zero-order valence-electron chi connectivity index (χ0n) is 11.7. The van der Waals surface area contributed by atoms with Crippen LogP contribution >= 0.6 is 0 Å². The van der Waals surface area contributed by atoms with Gasteiger partial charge in [-0.2, -0.15) is 5.10 Å². The molecule has 2 unspecified atom stereocenters. The van der Waals surface area contributed by atoms with E-state index in [0.717, 1.165) is 43.3 Å². The Balaban J connectivity index is 1.90. The van der Waals surface area contributed by atoms with E-state index in [4.69, 9.17) is 9.47 Å². The minimum absolute atomic E-state index is 0.370. The number of rotatable bonds is 5. The van der Waals surface area contributed by atoms with Gasteiger partial charge in [0.2, 0.25) is 5.88 Å². The number of ether oxygens (including phenoxy) is 2. The summed E-state index contributed by atoms with van der Waals surface area (Å²) in [4.78, 5) is 0. The highest BCUT2D eigenvalue weighted by Crippen LogP contribution is 2.22. The monoisotopic (exact) mass is 253 g/mol. The maximum atomic E-state index is 5.56. The van der Waals surface area contributed by atoms with E-state index in [0.29, 0.717) is 12.0 Å². The van der Waals surface area contributed by atoms with Crippen LogP contribution in [-0.4, -0.2) is 36.1 Å². The fraction of sp³-hybridized carbons (Fsp3) is 0.769. The van der Waals surface area contributed by atoms with Crippen molar-refractivity contribution < 1.29 is 9.47 Å². The average molecular weight is 253 g/mol. The summed E-state index contributed by atoms with van der Waals surface area (Å²) in [6.07, 6.45) is 1.52. The largest absolute Gasteiger partial charge is 0.481 e. The van der Waals surface area contributed by atoms with Crippen molar-refractivity contribution >= 4 is 0 Å². The lowest BCUT2D eigenvalue weighted by atomic mass is 10.0. The second kappa shape index (κ2) is 5.71. The van der Waals surface area contributed by atoms with Gasteiger partial charge in [-0.05, 0) is 26.2 Å². The van der Waals surface area contributed by atoms with Crippen LogP contribution in [0.2, 0.25) is 0 Å². The molecule has 1 aliphatic rings. The molecule has 0 radical (unpaired) electrons. The van der Waals surface area contributed by atoms with Crippen molar-refractivity contribution in [2.24, 2.45) is 13.0 Å². The van der Waals surface area contributed by atoms with E-state index in [2.05, 4.69) is 17.3 Å². The van der Waals surface area contributed by atoms with Gasteiger partial charge in [-0.15, -0.1) is 0 Å². The van der Waals surface area contributed by atoms with Gasteiger partial charge in [-0.1, -0.05) is 0 Å². The van der Waals surface area contributed by atoms with Gasteiger partial charge in [0, 0.05) is 26.7 Å². The minimum Gasteiger partial charge on any atom is -0.481 e. The summed E-state index contributed by atoms with van der Waals surface area (Å²) < 4.78 is 12.7. The highest BCUT2D eigenvalue weighted by Gasteiger charge is 2.24. The molecule has 1 aromatic heterocycles. The third-order valence-electron chi connectivity index (χ3n) is 3.72. The van der Waals surface area contributed by atoms with E-state index < -0.39 is 0 Å². The first-order valence-corrected chi connectivity index (χ1v) is 6.52. The molecule has 1 aromatic rings. The Bertz CT molecular complexity index is 403. The van der Waals surface area contributed by atoms with Crippen LogP contribution < -0.4 is 10.1 Å². The highest BCUT2D eigenvalue weighted by atomic mass is 16.5. The van der Waals surface area contributed by atoms with E-state index in [-0.39, 0.29) is 0 Å². The molecule has 2 atom stereocenters. The van der Waals surface area contributed by atoms with Crippen molar-refractivity contribution in [2.75, 3.05) is 20.3 Å². The van der Waals surface area contributed by atoms with E-state index >= 15 is 0 Å². The molecule has 5 heteroatoms. The molecule has 18 heavy (non-hydrogen) atoms. The zero-order valence-corrected chi connectivity index (χ0v) is 11.7. The molecule has 1 fully saturated rings. The summed E-state index contributed by atoms with van der Waals surface area (Å²) in [7, 11) is 3.59. The fourth-order valence-electron chi connectivity index (χ4n) is 2.57. The van der Waals surface area contributed by atoms with Crippen LogP contribution in [0.5, 0.6) is 5.88 Å². The smallest absolute Gasteiger partial charge is 0.216 e. The van der Waals surface area contributed by atoms with Gasteiger partial charge in [-0.25, -0.2) is 4.68 Å². The summed E-state index contributed by atoms with van der Waals surface area (Å²) in [5, 5.41) is 7.86. The fourth-order valence-corrected chi connectivity index (χ4v) is 2.57. The second-order valence-electron chi connectivity index (χ2n) is 4.95. The number of hydrogen-bond donors (Lipinski definition) is 1. The van der Waals surface area contributed by atoms with Crippen LogP contribution in [-0.2, 0) is 18.3 Å². The van der Waals surface area contributed by atoms with Crippen LogP contribution in [0.3, 0.4) is 0 Å². The summed E-state index contributed by atoms with van der Waals surface area (Å²) in [5.74, 6) is 1.46. The Kier molecular flexibility index (Phi) is 4.24. The lowest BCUT2D eigenvalue weighted by Crippen LogP contribution is -2.26. The Morgan fingerprint density at radius 2 is 2.33 bits per heavy atom. The van der Waals surface area contributed by atoms with E-state index in [1.54, 1.807) is 11.8 Å². The molecule has 1 N–H and O–H groups in total. The van der Waals surface area contributed by atoms with E-state index in [1.807, 2.05) is 14.0 Å². The number of aryl methyl sites for hydroxylation is 2. The first-order valence-electron chi connectivity index (χ1n) is 6.52. The first-order chi connectivity index (χ1) is 8.63. The molecule has 0 aliphatic carbocycles. The van der Waals surface area contributed by atoms with Crippen molar-refractivity contribution in [3.63, 3.8) is 0 Å². The van der Waals surface area contributed by atoms with E-state index in [9.17, 15) is 0 Å². The molecule has 0 spiro atoms. The maximum absolute atomic E-state index is 5.56. The summed E-state index contributed by atoms with van der Waals surface area (Å²) in [6.45, 7) is 6.84. The Morgan fingerprint density at radius 3 is 2.94 bits per heavy atom. The summed E-state index contributed by atoms with van der Waals surface area (Å²) >= 11 is 0. The Hall–Kier alpha value is -1.07. The third-order valence-corrected chi connectivity index (χ3v) is 3.72. The maximum Gasteiger partial charge on any atom is 0.216 e. The molecule has 0 bridgehead atoms. The minimum atomic E-state index is 0.370. The van der Waals surface area contributed by atoms with Gasteiger partial charge in [0.1, 0.15) is 0 Å². The number of nitrogens with one attached hydrogen (secondary N) is 1. The highest BCUT2D eigenvalue weighted by molar-refractivity contribution is 5.30. The molecule has 1 aliphatic heterocycles. The van der Waals surface area contributed by atoms with Crippen molar-refractivity contribution in [2.45, 2.75) is 32.9 Å². The first kappa shape index (κ1) is 13.4. The SMILES string of the molecule is COc1c(CNCC2CCOC2C)c(C)nn1C. The predicted molar refractivity (Wildman–Crippen MR) is 69.7 cm³/mol. The summed E-state index contributed by atoms with van der Waals surface area (Å²) in [5.41, 5.74) is 2.17. The number of aromatic nitrogens is 2. The van der Waals surface area contributed by atoms with Gasteiger partial charge in [0.25, 0.3) is 0 Å². The normalized spacial score (nSPS) is 23.6. The lowest BCUT2D eigenvalue weighted by Gasteiger charge is -2.14. The molecule has 102 valence electrons. The average Bonchev–Trinajstić information content (AvgIpc) is 2.84. The van der Waals surface area contributed by atoms with Crippen molar-refractivity contribution in [3.8, 4) is 5.88 Å². The number of methoxy groups -OCH3 is 1. The second-order valence-corrected chi connectivity index (χ2v) is 4.95. The predicted octanol–water partition coefficient (Wildman–Crippen LogP) is 1.25. The zero-order chi connectivity index (χ0) is 13.1. The Morgan fingerprint density at radius 1 is 1.56 bits per heavy atom.